The highest BCUT2D eigenvalue weighted by atomic mass is 16.5. The largest absolute Gasteiger partial charge is 0.497 e. The molecule has 1 aliphatic heterocycles. The molecule has 3 aromatic rings. The van der Waals surface area contributed by atoms with Gasteiger partial charge in [-0.15, -0.1) is 0 Å². The summed E-state index contributed by atoms with van der Waals surface area (Å²) in [5.41, 5.74) is 7.62. The van der Waals surface area contributed by atoms with Crippen molar-refractivity contribution in [1.29, 1.82) is 0 Å². The summed E-state index contributed by atoms with van der Waals surface area (Å²) in [4.78, 5) is 10.3. The van der Waals surface area contributed by atoms with E-state index in [-0.39, 0.29) is 5.92 Å². The average Bonchev–Trinajstić information content (AvgIpc) is 3.02. The minimum absolute atomic E-state index is 0.161. The first-order chi connectivity index (χ1) is 15.7. The molecule has 0 saturated heterocycles. The maximum absolute atomic E-state index is 5.36. The van der Waals surface area contributed by atoms with Crippen molar-refractivity contribution in [1.82, 2.24) is 0 Å². The predicted octanol–water partition coefficient (Wildman–Crippen LogP) is 6.79. The van der Waals surface area contributed by atoms with Crippen molar-refractivity contribution < 1.29 is 9.47 Å². The molecular weight excluding hydrogens is 396 g/mol. The Hall–Kier alpha value is -3.66. The van der Waals surface area contributed by atoms with Gasteiger partial charge in [-0.2, -0.15) is 0 Å². The molecule has 0 amide bonds. The molecule has 4 nitrogen and oxygen atoms in total. The number of rotatable bonds is 4. The van der Waals surface area contributed by atoms with E-state index in [0.717, 1.165) is 64.7 Å². The SMILES string of the molecule is COc1ccc(/C=C2\CCCC3C2=Nc2ccccc2N=C3c2ccc(OC)cc2)cc1. The van der Waals surface area contributed by atoms with Crippen LogP contribution in [0.15, 0.2) is 88.4 Å². The average molecular weight is 423 g/mol. The summed E-state index contributed by atoms with van der Waals surface area (Å²) < 4.78 is 10.7. The van der Waals surface area contributed by atoms with Gasteiger partial charge in [0.25, 0.3) is 0 Å². The number of aliphatic imine (C=N–C) groups is 2. The van der Waals surface area contributed by atoms with E-state index in [1.165, 1.54) is 5.57 Å². The molecule has 160 valence electrons. The van der Waals surface area contributed by atoms with Crippen molar-refractivity contribution in [3.63, 3.8) is 0 Å². The van der Waals surface area contributed by atoms with E-state index in [4.69, 9.17) is 19.5 Å². The van der Waals surface area contributed by atoms with E-state index < -0.39 is 0 Å². The Morgan fingerprint density at radius 1 is 0.750 bits per heavy atom. The van der Waals surface area contributed by atoms with Gasteiger partial charge in [0, 0.05) is 5.92 Å². The highest BCUT2D eigenvalue weighted by molar-refractivity contribution is 6.23. The number of benzene rings is 3. The third kappa shape index (κ3) is 3.96. The van der Waals surface area contributed by atoms with Crippen molar-refractivity contribution in [3.05, 3.63) is 89.5 Å². The fourth-order valence-corrected chi connectivity index (χ4v) is 4.47. The first-order valence-electron chi connectivity index (χ1n) is 11.0. The van der Waals surface area contributed by atoms with Crippen molar-refractivity contribution in [2.45, 2.75) is 19.3 Å². The molecule has 32 heavy (non-hydrogen) atoms. The van der Waals surface area contributed by atoms with Crippen molar-refractivity contribution in [2.24, 2.45) is 15.9 Å². The quantitative estimate of drug-likeness (QED) is 0.464. The van der Waals surface area contributed by atoms with Crippen LogP contribution in [-0.4, -0.2) is 25.6 Å². The van der Waals surface area contributed by atoms with Crippen molar-refractivity contribution in [3.8, 4) is 11.5 Å². The summed E-state index contributed by atoms with van der Waals surface area (Å²) in [7, 11) is 3.38. The Kier molecular flexibility index (Phi) is 5.59. The summed E-state index contributed by atoms with van der Waals surface area (Å²) in [6, 6.07) is 24.6. The second kappa shape index (κ2) is 8.83. The Labute approximate surface area is 189 Å². The molecule has 1 aliphatic carbocycles. The number of fused-ring (bicyclic) bond motifs is 2. The molecule has 0 radical (unpaired) electrons. The minimum Gasteiger partial charge on any atom is -0.497 e. The van der Waals surface area contributed by atoms with Gasteiger partial charge in [0.2, 0.25) is 0 Å². The summed E-state index contributed by atoms with van der Waals surface area (Å²) in [6.45, 7) is 0. The van der Waals surface area contributed by atoms with Gasteiger partial charge in [-0.25, -0.2) is 4.99 Å². The van der Waals surface area contributed by atoms with E-state index in [1.54, 1.807) is 14.2 Å². The molecule has 0 spiro atoms. The Morgan fingerprint density at radius 3 is 1.97 bits per heavy atom. The molecular formula is C28H26N2O2. The van der Waals surface area contributed by atoms with Crippen LogP contribution in [0.5, 0.6) is 11.5 Å². The van der Waals surface area contributed by atoms with Gasteiger partial charge < -0.3 is 9.47 Å². The zero-order valence-electron chi connectivity index (χ0n) is 18.4. The lowest BCUT2D eigenvalue weighted by atomic mass is 9.78. The smallest absolute Gasteiger partial charge is 0.118 e. The summed E-state index contributed by atoms with van der Waals surface area (Å²) in [5, 5.41) is 0. The fraction of sp³-hybridized carbons (Fsp3) is 0.214. The van der Waals surface area contributed by atoms with Crippen LogP contribution in [0.3, 0.4) is 0 Å². The van der Waals surface area contributed by atoms with Crippen LogP contribution < -0.4 is 9.47 Å². The van der Waals surface area contributed by atoms with Crippen LogP contribution in [0.2, 0.25) is 0 Å². The topological polar surface area (TPSA) is 43.2 Å². The standard InChI is InChI=1S/C28H26N2O2/c1-31-22-14-10-19(11-15-22)18-21-6-5-7-24-27(20-12-16-23(32-2)17-13-20)29-25-8-3-4-9-26(25)30-28(21)24/h3-4,8-18,24H,5-7H2,1-2H3/b21-18+. The van der Waals surface area contributed by atoms with Crippen LogP contribution in [0, 0.1) is 5.92 Å². The molecule has 3 aromatic carbocycles. The molecule has 0 N–H and O–H groups in total. The van der Waals surface area contributed by atoms with Gasteiger partial charge in [-0.05, 0) is 90.6 Å². The van der Waals surface area contributed by atoms with Crippen LogP contribution in [0.25, 0.3) is 6.08 Å². The van der Waals surface area contributed by atoms with E-state index >= 15 is 0 Å². The molecule has 1 atom stereocenters. The fourth-order valence-electron chi connectivity index (χ4n) is 4.47. The molecule has 4 heteroatoms. The van der Waals surface area contributed by atoms with E-state index in [0.29, 0.717) is 0 Å². The zero-order chi connectivity index (χ0) is 21.9. The summed E-state index contributed by atoms with van der Waals surface area (Å²) >= 11 is 0. The lowest BCUT2D eigenvalue weighted by Gasteiger charge is -2.27. The minimum atomic E-state index is 0.161. The van der Waals surface area contributed by atoms with Crippen LogP contribution in [0.4, 0.5) is 11.4 Å². The normalized spacial score (nSPS) is 18.7. The zero-order valence-corrected chi connectivity index (χ0v) is 18.4. The van der Waals surface area contributed by atoms with Gasteiger partial charge in [0.05, 0.1) is 37.0 Å². The van der Waals surface area contributed by atoms with Gasteiger partial charge in [0.1, 0.15) is 11.5 Å². The third-order valence-electron chi connectivity index (χ3n) is 6.13. The maximum atomic E-state index is 5.36. The second-order valence-corrected chi connectivity index (χ2v) is 8.10. The van der Waals surface area contributed by atoms with Crippen LogP contribution in [0.1, 0.15) is 30.4 Å². The van der Waals surface area contributed by atoms with Gasteiger partial charge in [-0.1, -0.05) is 24.3 Å². The van der Waals surface area contributed by atoms with Gasteiger partial charge in [-0.3, -0.25) is 4.99 Å². The lowest BCUT2D eigenvalue weighted by Crippen LogP contribution is -2.29. The van der Waals surface area contributed by atoms with Crippen LogP contribution >= 0.6 is 0 Å². The molecule has 1 heterocycles. The van der Waals surface area contributed by atoms with E-state index in [2.05, 4.69) is 36.4 Å². The summed E-state index contributed by atoms with van der Waals surface area (Å²) in [6.07, 6.45) is 5.43. The van der Waals surface area contributed by atoms with Gasteiger partial charge >= 0.3 is 0 Å². The Balaban J connectivity index is 1.62. The molecule has 2 aliphatic rings. The van der Waals surface area contributed by atoms with E-state index in [9.17, 15) is 0 Å². The monoisotopic (exact) mass is 422 g/mol. The Morgan fingerprint density at radius 2 is 1.34 bits per heavy atom. The number of ether oxygens (including phenoxy) is 2. The summed E-state index contributed by atoms with van der Waals surface area (Å²) in [5.74, 6) is 1.87. The highest BCUT2D eigenvalue weighted by Gasteiger charge is 2.31. The first-order valence-corrected chi connectivity index (χ1v) is 11.0. The molecule has 1 unspecified atom stereocenters. The number of methoxy groups -OCH3 is 2. The van der Waals surface area contributed by atoms with Crippen LogP contribution in [-0.2, 0) is 0 Å². The molecule has 0 bridgehead atoms. The third-order valence-corrected chi connectivity index (χ3v) is 6.13. The molecule has 1 fully saturated rings. The second-order valence-electron chi connectivity index (χ2n) is 8.10. The number of para-hydroxylation sites is 2. The van der Waals surface area contributed by atoms with Crippen molar-refractivity contribution in [2.75, 3.05) is 14.2 Å². The van der Waals surface area contributed by atoms with Crippen molar-refractivity contribution >= 4 is 28.9 Å². The number of hydrogen-bond donors (Lipinski definition) is 0. The Bertz CT molecular complexity index is 1200. The van der Waals surface area contributed by atoms with E-state index in [1.807, 2.05) is 42.5 Å². The lowest BCUT2D eigenvalue weighted by molar-refractivity contribution is 0.414. The number of hydrogen-bond acceptors (Lipinski definition) is 4. The number of allylic oxidation sites excluding steroid dienone is 1. The maximum Gasteiger partial charge on any atom is 0.118 e. The van der Waals surface area contributed by atoms with Gasteiger partial charge in [0.15, 0.2) is 0 Å². The number of nitrogens with zero attached hydrogens (tertiary/aromatic N) is 2. The first kappa shape index (κ1) is 20.3. The highest BCUT2D eigenvalue weighted by Crippen LogP contribution is 2.39. The molecule has 1 saturated carbocycles. The molecule has 5 rings (SSSR count). The predicted molar refractivity (Wildman–Crippen MR) is 131 cm³/mol. The molecule has 0 aromatic heterocycles.